The molecule has 242 valence electrons. The van der Waals surface area contributed by atoms with E-state index in [2.05, 4.69) is 4.90 Å². The zero-order chi connectivity index (χ0) is 32.8. The number of aromatic nitrogens is 1. The Morgan fingerprint density at radius 2 is 1.30 bits per heavy atom. The van der Waals surface area contributed by atoms with E-state index in [1.54, 1.807) is 103 Å². The minimum Gasteiger partial charge on any atom is -0.459 e. The quantitative estimate of drug-likeness (QED) is 0.186. The summed E-state index contributed by atoms with van der Waals surface area (Å²) in [6, 6.07) is 28.3. The van der Waals surface area contributed by atoms with Crippen LogP contribution < -0.4 is 10.4 Å². The van der Waals surface area contributed by atoms with Crippen molar-refractivity contribution in [2.24, 2.45) is 0 Å². The topological polar surface area (TPSA) is 123 Å². The molecule has 2 aliphatic heterocycles. The Balaban J connectivity index is 1.32. The molecule has 0 unspecified atom stereocenters. The molecular formula is C36H34N2O9. The lowest BCUT2D eigenvalue weighted by molar-refractivity contribution is -0.174. The molecule has 11 heteroatoms. The molecule has 0 radical (unpaired) electrons. The van der Waals surface area contributed by atoms with Gasteiger partial charge >= 0.3 is 17.9 Å². The van der Waals surface area contributed by atoms with Crippen LogP contribution in [0.4, 0.5) is 0 Å². The van der Waals surface area contributed by atoms with Gasteiger partial charge in [-0.25, -0.2) is 14.4 Å². The van der Waals surface area contributed by atoms with Gasteiger partial charge in [-0.2, -0.15) is 0 Å². The first-order valence-electron chi connectivity index (χ1n) is 15.4. The van der Waals surface area contributed by atoms with Gasteiger partial charge in [-0.1, -0.05) is 60.7 Å². The normalized spacial score (nSPS) is 22.4. The van der Waals surface area contributed by atoms with Gasteiger partial charge in [0.05, 0.1) is 16.7 Å². The zero-order valence-electron chi connectivity index (χ0n) is 25.7. The largest absolute Gasteiger partial charge is 0.459 e. The summed E-state index contributed by atoms with van der Waals surface area (Å²) < 4.78 is 24.6. The fourth-order valence-electron chi connectivity index (χ4n) is 5.77. The lowest BCUT2D eigenvalue weighted by atomic mass is 10.1. The second kappa shape index (κ2) is 14.4. The number of esters is 3. The number of likely N-dealkylation sites (tertiary alicyclic amines) is 1. The molecule has 0 spiro atoms. The number of carbonyl (C=O) groups excluding carboxylic acids is 3. The van der Waals surface area contributed by atoms with Crippen molar-refractivity contribution in [3.8, 4) is 0 Å². The van der Waals surface area contributed by atoms with E-state index >= 15 is 0 Å². The average molecular weight is 639 g/mol. The number of pyridine rings is 1. The number of hydrogen-bond donors (Lipinski definition) is 0. The summed E-state index contributed by atoms with van der Waals surface area (Å²) in [6.45, 7) is 0.489. The predicted molar refractivity (Wildman–Crippen MR) is 169 cm³/mol. The van der Waals surface area contributed by atoms with E-state index in [4.69, 9.17) is 23.8 Å². The number of ether oxygens (including phenoxy) is 4. The first-order chi connectivity index (χ1) is 22.9. The molecule has 0 saturated carbocycles. The summed E-state index contributed by atoms with van der Waals surface area (Å²) in [4.78, 5) is 61.3. The monoisotopic (exact) mass is 638 g/mol. The lowest BCUT2D eigenvalue weighted by Crippen LogP contribution is -2.46. The molecule has 0 aliphatic carbocycles. The highest BCUT2D eigenvalue weighted by atomic mass is 16.8. The fraction of sp³-hybridized carbons (Fsp3) is 0.278. The van der Waals surface area contributed by atoms with Crippen LogP contribution in [0.25, 0.3) is 0 Å². The molecule has 0 amide bonds. The third kappa shape index (κ3) is 7.26. The Kier molecular flexibility index (Phi) is 9.75. The first kappa shape index (κ1) is 31.7. The number of rotatable bonds is 10. The van der Waals surface area contributed by atoms with Gasteiger partial charge in [0.1, 0.15) is 12.7 Å². The lowest BCUT2D eigenvalue weighted by Gasteiger charge is -2.25. The molecule has 6 rings (SSSR count). The average Bonchev–Trinajstić information content (AvgIpc) is 3.67. The van der Waals surface area contributed by atoms with Crippen LogP contribution >= 0.6 is 0 Å². The zero-order valence-corrected chi connectivity index (χ0v) is 25.7. The van der Waals surface area contributed by atoms with Crippen LogP contribution in [-0.4, -0.2) is 72.3 Å². The molecule has 0 bridgehead atoms. The van der Waals surface area contributed by atoms with Crippen molar-refractivity contribution < 1.29 is 38.2 Å². The van der Waals surface area contributed by atoms with Gasteiger partial charge in [-0.3, -0.25) is 9.69 Å². The number of carbonyl (C=O) groups is 3. The molecular weight excluding hydrogens is 604 g/mol. The highest BCUT2D eigenvalue weighted by molar-refractivity contribution is 5.91. The molecule has 2 saturated heterocycles. The van der Waals surface area contributed by atoms with Crippen molar-refractivity contribution in [2.75, 3.05) is 20.2 Å². The van der Waals surface area contributed by atoms with E-state index in [-0.39, 0.29) is 23.8 Å². The highest BCUT2D eigenvalue weighted by Gasteiger charge is 2.52. The van der Waals surface area contributed by atoms with Crippen LogP contribution in [0.5, 0.6) is 0 Å². The van der Waals surface area contributed by atoms with Gasteiger partial charge in [-0.05, 0) is 68.9 Å². The standard InChI is InChI=1S/C36H34N2O9/c1-37-21-12-20-28(37)27-19-11-22-38(32(27)39)47-36-31(46-35(42)26-17-9-4-10-18-26)30(45-34(41)25-15-7-3-8-16-25)29(44-36)23-43-33(40)24-13-5-2-6-14-24/h2-11,13-19,22,28-31,36H,12,20-21,23H2,1H3/t28-,29-,30-,31-,36+/m1/s1. The van der Waals surface area contributed by atoms with E-state index in [1.165, 1.54) is 6.20 Å². The van der Waals surface area contributed by atoms with Crippen LogP contribution in [0, 0.1) is 0 Å². The molecule has 0 N–H and O–H groups in total. The van der Waals surface area contributed by atoms with Gasteiger partial charge in [0, 0.05) is 17.8 Å². The number of benzene rings is 3. The summed E-state index contributed by atoms with van der Waals surface area (Å²) in [5, 5.41) is 0. The minimum atomic E-state index is -1.43. The second-order valence-electron chi connectivity index (χ2n) is 11.3. The van der Waals surface area contributed by atoms with Crippen molar-refractivity contribution in [1.29, 1.82) is 0 Å². The van der Waals surface area contributed by atoms with E-state index in [9.17, 15) is 19.2 Å². The van der Waals surface area contributed by atoms with E-state index in [1.807, 2.05) is 7.05 Å². The smallest absolute Gasteiger partial charge is 0.338 e. The predicted octanol–water partition coefficient (Wildman–Crippen LogP) is 4.08. The molecule has 2 aliphatic rings. The van der Waals surface area contributed by atoms with E-state index in [0.717, 1.165) is 24.1 Å². The van der Waals surface area contributed by atoms with Crippen molar-refractivity contribution in [3.63, 3.8) is 0 Å². The van der Waals surface area contributed by atoms with Crippen LogP contribution in [0.15, 0.2) is 114 Å². The maximum Gasteiger partial charge on any atom is 0.338 e. The summed E-state index contributed by atoms with van der Waals surface area (Å²) in [5.41, 5.74) is 0.934. The molecule has 3 aromatic carbocycles. The maximum atomic E-state index is 13.6. The van der Waals surface area contributed by atoms with Gasteiger partial charge in [0.2, 0.25) is 6.10 Å². The number of nitrogens with zero attached hydrogens (tertiary/aromatic N) is 2. The molecule has 47 heavy (non-hydrogen) atoms. The minimum absolute atomic E-state index is 0.0838. The summed E-state index contributed by atoms with van der Waals surface area (Å²) in [5.74, 6) is -2.08. The molecule has 5 atom stereocenters. The molecule has 4 aromatic rings. The Hall–Kier alpha value is -5.26. The van der Waals surface area contributed by atoms with Gasteiger partial charge in [0.15, 0.2) is 6.10 Å². The van der Waals surface area contributed by atoms with Crippen LogP contribution in [-0.2, 0) is 18.9 Å². The maximum absolute atomic E-state index is 13.6. The third-order valence-electron chi connectivity index (χ3n) is 8.20. The van der Waals surface area contributed by atoms with Gasteiger partial charge in [-0.15, -0.1) is 4.73 Å². The van der Waals surface area contributed by atoms with Crippen molar-refractivity contribution in [2.45, 2.75) is 43.5 Å². The van der Waals surface area contributed by atoms with Crippen molar-refractivity contribution >= 4 is 17.9 Å². The molecule has 11 nitrogen and oxygen atoms in total. The van der Waals surface area contributed by atoms with Gasteiger partial charge < -0.3 is 23.8 Å². The summed E-state index contributed by atoms with van der Waals surface area (Å²) in [7, 11) is 1.96. The second-order valence-corrected chi connectivity index (χ2v) is 11.3. The fourth-order valence-corrected chi connectivity index (χ4v) is 5.77. The SMILES string of the molecule is CN1CCC[C@@H]1c1cccn(O[C@@H]2O[C@H](COC(=O)c3ccccc3)[C@@H](OC(=O)c3ccccc3)[C@H]2OC(=O)c2ccccc2)c1=O. The Bertz CT molecular complexity index is 1750. The van der Waals surface area contributed by atoms with Crippen molar-refractivity contribution in [1.82, 2.24) is 9.63 Å². The third-order valence-corrected chi connectivity index (χ3v) is 8.20. The highest BCUT2D eigenvalue weighted by Crippen LogP contribution is 2.30. The van der Waals surface area contributed by atoms with E-state index in [0.29, 0.717) is 11.1 Å². The molecule has 2 fully saturated rings. The van der Waals surface area contributed by atoms with Crippen LogP contribution in [0.2, 0.25) is 0 Å². The van der Waals surface area contributed by atoms with Crippen molar-refractivity contribution in [3.05, 3.63) is 142 Å². The van der Waals surface area contributed by atoms with Gasteiger partial charge in [0.25, 0.3) is 11.8 Å². The first-order valence-corrected chi connectivity index (χ1v) is 15.4. The Morgan fingerprint density at radius 1 is 0.745 bits per heavy atom. The Labute approximate surface area is 271 Å². The summed E-state index contributed by atoms with van der Waals surface area (Å²) >= 11 is 0. The number of hydrogen-bond acceptors (Lipinski definition) is 10. The van der Waals surface area contributed by atoms with Crippen LogP contribution in [0.3, 0.4) is 0 Å². The molecule has 3 heterocycles. The Morgan fingerprint density at radius 3 is 1.85 bits per heavy atom. The molecule has 1 aromatic heterocycles. The van der Waals surface area contributed by atoms with E-state index < -0.39 is 48.1 Å². The van der Waals surface area contributed by atoms with Crippen LogP contribution in [0.1, 0.15) is 55.5 Å². The summed E-state index contributed by atoms with van der Waals surface area (Å²) in [6.07, 6.45) is -1.99.